The fourth-order valence-corrected chi connectivity index (χ4v) is 2.53. The summed E-state index contributed by atoms with van der Waals surface area (Å²) in [6.07, 6.45) is 3.47. The summed E-state index contributed by atoms with van der Waals surface area (Å²) in [6, 6.07) is 12.1. The van der Waals surface area contributed by atoms with Gasteiger partial charge in [0.1, 0.15) is 5.75 Å². The average Bonchev–Trinajstić information content (AvgIpc) is 2.77. The second-order valence-corrected chi connectivity index (χ2v) is 6.28. The number of rotatable bonds is 11. The number of hydrogen-bond acceptors (Lipinski definition) is 6. The number of ether oxygens (including phenoxy) is 3. The predicted molar refractivity (Wildman–Crippen MR) is 114 cm³/mol. The molecule has 0 saturated heterocycles. The first-order chi connectivity index (χ1) is 14.6. The van der Waals surface area contributed by atoms with Crippen molar-refractivity contribution in [2.24, 2.45) is 5.10 Å². The molecule has 0 unspecified atom stereocenters. The first-order valence-electron chi connectivity index (χ1n) is 9.63. The molecule has 0 aromatic heterocycles. The smallest absolute Gasteiger partial charge is 0.259 e. The van der Waals surface area contributed by atoms with Gasteiger partial charge in [0, 0.05) is 11.1 Å². The summed E-state index contributed by atoms with van der Waals surface area (Å²) >= 11 is 0. The Morgan fingerprint density at radius 1 is 1.07 bits per heavy atom. The molecule has 0 saturated carbocycles. The van der Waals surface area contributed by atoms with Gasteiger partial charge in [0.25, 0.3) is 11.8 Å². The van der Waals surface area contributed by atoms with E-state index in [1.807, 2.05) is 0 Å². The highest BCUT2D eigenvalue weighted by molar-refractivity contribution is 5.96. The maximum absolute atomic E-state index is 12.2. The van der Waals surface area contributed by atoms with E-state index in [0.717, 1.165) is 12.8 Å². The zero-order chi connectivity index (χ0) is 21.8. The third-order valence-corrected chi connectivity index (χ3v) is 4.12. The summed E-state index contributed by atoms with van der Waals surface area (Å²) in [7, 11) is 3.06. The number of hydrazone groups is 1. The van der Waals surface area contributed by atoms with Crippen LogP contribution in [-0.2, 0) is 4.79 Å². The fourth-order valence-electron chi connectivity index (χ4n) is 2.53. The van der Waals surface area contributed by atoms with Crippen molar-refractivity contribution in [3.8, 4) is 17.2 Å². The second kappa shape index (κ2) is 12.1. The van der Waals surface area contributed by atoms with E-state index in [0.29, 0.717) is 35.0 Å². The molecule has 2 aromatic carbocycles. The third-order valence-electron chi connectivity index (χ3n) is 4.12. The molecule has 0 radical (unpaired) electrons. The lowest BCUT2D eigenvalue weighted by molar-refractivity contribution is -0.120. The van der Waals surface area contributed by atoms with Gasteiger partial charge < -0.3 is 19.5 Å². The molecule has 0 heterocycles. The van der Waals surface area contributed by atoms with Gasteiger partial charge in [-0.1, -0.05) is 19.4 Å². The van der Waals surface area contributed by atoms with Gasteiger partial charge in [-0.05, 0) is 42.8 Å². The molecular formula is C22H27N3O5. The van der Waals surface area contributed by atoms with Crippen LogP contribution in [0.4, 0.5) is 0 Å². The zero-order valence-corrected chi connectivity index (χ0v) is 17.4. The maximum Gasteiger partial charge on any atom is 0.259 e. The Balaban J connectivity index is 1.82. The van der Waals surface area contributed by atoms with E-state index >= 15 is 0 Å². The van der Waals surface area contributed by atoms with E-state index < -0.39 is 5.91 Å². The van der Waals surface area contributed by atoms with Crippen molar-refractivity contribution in [2.45, 2.75) is 19.8 Å². The zero-order valence-electron chi connectivity index (χ0n) is 17.4. The number of unbranched alkanes of at least 4 members (excludes halogenated alkanes) is 1. The van der Waals surface area contributed by atoms with Crippen molar-refractivity contribution in [1.82, 2.24) is 10.7 Å². The van der Waals surface area contributed by atoms with Crippen LogP contribution in [-0.4, -0.2) is 45.4 Å². The van der Waals surface area contributed by atoms with Gasteiger partial charge in [-0.25, -0.2) is 5.43 Å². The number of nitrogens with zero attached hydrogens (tertiary/aromatic N) is 1. The average molecular weight is 413 g/mol. The molecule has 0 aliphatic rings. The molecule has 2 rings (SSSR count). The van der Waals surface area contributed by atoms with Crippen LogP contribution in [0.15, 0.2) is 47.6 Å². The molecule has 0 aliphatic heterocycles. The van der Waals surface area contributed by atoms with Gasteiger partial charge >= 0.3 is 0 Å². The number of carbonyl (C=O) groups is 2. The van der Waals surface area contributed by atoms with Crippen LogP contribution in [0.5, 0.6) is 17.2 Å². The van der Waals surface area contributed by atoms with Gasteiger partial charge in [0.05, 0.1) is 33.6 Å². The standard InChI is InChI=1S/C22H27N3O5/c1-4-5-13-30-18-11-9-16(10-12-18)22(27)23-15-20(26)25-24-14-17-7-6-8-19(28-2)21(17)29-3/h6-12,14H,4-5,13,15H2,1-3H3,(H,23,27)(H,25,26)/b24-14+. The van der Waals surface area contributed by atoms with Crippen LogP contribution in [0.1, 0.15) is 35.7 Å². The Morgan fingerprint density at radius 3 is 2.50 bits per heavy atom. The largest absolute Gasteiger partial charge is 0.494 e. The Morgan fingerprint density at radius 2 is 1.83 bits per heavy atom. The summed E-state index contributed by atoms with van der Waals surface area (Å²) in [5.41, 5.74) is 3.45. The molecule has 0 fully saturated rings. The predicted octanol–water partition coefficient (Wildman–Crippen LogP) is 2.76. The van der Waals surface area contributed by atoms with Gasteiger partial charge in [0.2, 0.25) is 0 Å². The molecule has 2 aromatic rings. The summed E-state index contributed by atoms with van der Waals surface area (Å²) in [6.45, 7) is 2.53. The fraction of sp³-hybridized carbons (Fsp3) is 0.318. The van der Waals surface area contributed by atoms with E-state index in [9.17, 15) is 9.59 Å². The van der Waals surface area contributed by atoms with E-state index in [4.69, 9.17) is 14.2 Å². The molecule has 0 bridgehead atoms. The summed E-state index contributed by atoms with van der Waals surface area (Å²) < 4.78 is 16.1. The summed E-state index contributed by atoms with van der Waals surface area (Å²) in [5.74, 6) is 0.958. The molecule has 8 nitrogen and oxygen atoms in total. The topological polar surface area (TPSA) is 98.2 Å². The highest BCUT2D eigenvalue weighted by atomic mass is 16.5. The Labute approximate surface area is 176 Å². The van der Waals surface area contributed by atoms with Gasteiger partial charge in [-0.2, -0.15) is 5.10 Å². The first-order valence-corrected chi connectivity index (χ1v) is 9.63. The minimum atomic E-state index is -0.457. The van der Waals surface area contributed by atoms with Crippen LogP contribution in [0, 0.1) is 0 Å². The first kappa shape index (κ1) is 22.7. The highest BCUT2D eigenvalue weighted by Gasteiger charge is 2.09. The number of benzene rings is 2. The van der Waals surface area contributed by atoms with E-state index in [1.54, 1.807) is 42.5 Å². The van der Waals surface area contributed by atoms with Crippen molar-refractivity contribution in [2.75, 3.05) is 27.4 Å². The number of para-hydroxylation sites is 1. The van der Waals surface area contributed by atoms with Crippen molar-refractivity contribution in [3.63, 3.8) is 0 Å². The van der Waals surface area contributed by atoms with E-state index in [-0.39, 0.29) is 12.5 Å². The van der Waals surface area contributed by atoms with Crippen LogP contribution in [0.25, 0.3) is 0 Å². The molecule has 2 N–H and O–H groups in total. The number of nitrogens with one attached hydrogen (secondary N) is 2. The highest BCUT2D eigenvalue weighted by Crippen LogP contribution is 2.29. The van der Waals surface area contributed by atoms with Gasteiger partial charge in [-0.15, -0.1) is 0 Å². The molecule has 0 aliphatic carbocycles. The number of methoxy groups -OCH3 is 2. The molecular weight excluding hydrogens is 386 g/mol. The Hall–Kier alpha value is -3.55. The van der Waals surface area contributed by atoms with Crippen LogP contribution in [0.2, 0.25) is 0 Å². The van der Waals surface area contributed by atoms with Crippen molar-refractivity contribution < 1.29 is 23.8 Å². The normalized spacial score (nSPS) is 10.5. The Bertz CT molecular complexity index is 866. The molecule has 160 valence electrons. The lowest BCUT2D eigenvalue weighted by Crippen LogP contribution is -2.34. The minimum absolute atomic E-state index is 0.208. The minimum Gasteiger partial charge on any atom is -0.494 e. The van der Waals surface area contributed by atoms with Crippen molar-refractivity contribution >= 4 is 18.0 Å². The number of carbonyl (C=O) groups excluding carboxylic acids is 2. The summed E-state index contributed by atoms with van der Waals surface area (Å²) in [5, 5.41) is 6.45. The van der Waals surface area contributed by atoms with Crippen LogP contribution in [0.3, 0.4) is 0 Å². The maximum atomic E-state index is 12.2. The summed E-state index contributed by atoms with van der Waals surface area (Å²) in [4.78, 5) is 24.1. The SMILES string of the molecule is CCCCOc1ccc(C(=O)NCC(=O)N/N=C/c2cccc(OC)c2OC)cc1. The monoisotopic (exact) mass is 413 g/mol. The molecule has 8 heteroatoms. The number of amides is 2. The molecule has 30 heavy (non-hydrogen) atoms. The van der Waals surface area contributed by atoms with Crippen molar-refractivity contribution in [1.29, 1.82) is 0 Å². The Kier molecular flexibility index (Phi) is 9.18. The van der Waals surface area contributed by atoms with Crippen LogP contribution < -0.4 is 25.0 Å². The van der Waals surface area contributed by atoms with Crippen molar-refractivity contribution in [3.05, 3.63) is 53.6 Å². The van der Waals surface area contributed by atoms with Gasteiger partial charge in [-0.3, -0.25) is 9.59 Å². The van der Waals surface area contributed by atoms with Gasteiger partial charge in [0.15, 0.2) is 11.5 Å². The second-order valence-electron chi connectivity index (χ2n) is 6.28. The number of hydrogen-bond donors (Lipinski definition) is 2. The van der Waals surface area contributed by atoms with Crippen LogP contribution >= 0.6 is 0 Å². The van der Waals surface area contributed by atoms with E-state index in [2.05, 4.69) is 22.8 Å². The molecule has 0 spiro atoms. The lowest BCUT2D eigenvalue weighted by atomic mass is 10.2. The molecule has 2 amide bonds. The van der Waals surface area contributed by atoms with E-state index in [1.165, 1.54) is 20.4 Å². The quantitative estimate of drug-likeness (QED) is 0.335. The third kappa shape index (κ3) is 6.80. The molecule has 0 atom stereocenters. The lowest BCUT2D eigenvalue weighted by Gasteiger charge is -2.09.